The van der Waals surface area contributed by atoms with Crippen LogP contribution in [0.15, 0.2) is 52.3 Å². The molecule has 3 rings (SSSR count). The first-order chi connectivity index (χ1) is 16.4. The number of halogens is 1. The van der Waals surface area contributed by atoms with Crippen LogP contribution in [-0.2, 0) is 29.6 Å². The van der Waals surface area contributed by atoms with Gasteiger partial charge in [-0.05, 0) is 55.3 Å². The minimum Gasteiger partial charge on any atom is -0.452 e. The standard InChI is InChI=1S/C22H26ClN3O7S2/c1-25(2)34(29,30)18-10-11-19(23)20(14-18)24-21(27)15-33-22(28)16-6-8-17(9-7-16)35(31,32)26-12-4-3-5-13-26/h6-11,14H,3-5,12-13,15H2,1-2H3,(H,24,27). The fourth-order valence-corrected chi connectivity index (χ4v) is 6.00. The summed E-state index contributed by atoms with van der Waals surface area (Å²) in [5, 5.41) is 2.52. The zero-order valence-corrected chi connectivity index (χ0v) is 21.6. The number of amides is 1. The molecular formula is C22H26ClN3O7S2. The van der Waals surface area contributed by atoms with Gasteiger partial charge in [-0.15, -0.1) is 0 Å². The van der Waals surface area contributed by atoms with E-state index in [1.807, 2.05) is 0 Å². The fraction of sp³-hybridized carbons (Fsp3) is 0.364. The maximum absolute atomic E-state index is 12.7. The van der Waals surface area contributed by atoms with Gasteiger partial charge in [0, 0.05) is 27.2 Å². The predicted molar refractivity (Wildman–Crippen MR) is 130 cm³/mol. The van der Waals surface area contributed by atoms with Crippen LogP contribution in [0.2, 0.25) is 5.02 Å². The van der Waals surface area contributed by atoms with Gasteiger partial charge < -0.3 is 10.1 Å². The number of ether oxygens (including phenoxy) is 1. The number of carbonyl (C=O) groups excluding carboxylic acids is 2. The Hall–Kier alpha value is -2.51. The van der Waals surface area contributed by atoms with Crippen molar-refractivity contribution in [2.75, 3.05) is 39.1 Å². The van der Waals surface area contributed by atoms with Crippen LogP contribution in [0, 0.1) is 0 Å². The predicted octanol–water partition coefficient (Wildman–Crippen LogP) is 2.56. The van der Waals surface area contributed by atoms with Crippen molar-refractivity contribution < 1.29 is 31.2 Å². The highest BCUT2D eigenvalue weighted by atomic mass is 35.5. The summed E-state index contributed by atoms with van der Waals surface area (Å²) >= 11 is 6.05. The van der Waals surface area contributed by atoms with Gasteiger partial charge in [0.15, 0.2) is 6.61 Å². The first-order valence-corrected chi connectivity index (χ1v) is 14.0. The monoisotopic (exact) mass is 543 g/mol. The molecule has 0 bridgehead atoms. The van der Waals surface area contributed by atoms with Crippen LogP contribution < -0.4 is 5.32 Å². The van der Waals surface area contributed by atoms with E-state index < -0.39 is 38.5 Å². The Balaban J connectivity index is 1.61. The van der Waals surface area contributed by atoms with Gasteiger partial charge in [0.25, 0.3) is 5.91 Å². The van der Waals surface area contributed by atoms with Gasteiger partial charge in [-0.2, -0.15) is 4.31 Å². The number of hydrogen-bond donors (Lipinski definition) is 1. The van der Waals surface area contributed by atoms with Crippen LogP contribution in [0.25, 0.3) is 0 Å². The lowest BCUT2D eigenvalue weighted by Gasteiger charge is -2.25. The smallest absolute Gasteiger partial charge is 0.338 e. The third-order valence-electron chi connectivity index (χ3n) is 5.37. The summed E-state index contributed by atoms with van der Waals surface area (Å²) in [5.41, 5.74) is 0.121. The van der Waals surface area contributed by atoms with Crippen LogP contribution in [0.1, 0.15) is 29.6 Å². The van der Waals surface area contributed by atoms with Crippen molar-refractivity contribution in [3.63, 3.8) is 0 Å². The molecule has 1 aliphatic heterocycles. The second-order valence-electron chi connectivity index (χ2n) is 8.04. The Morgan fingerprint density at radius 3 is 2.17 bits per heavy atom. The molecule has 0 aliphatic carbocycles. The summed E-state index contributed by atoms with van der Waals surface area (Å²) in [5.74, 6) is -1.55. The van der Waals surface area contributed by atoms with Gasteiger partial charge in [-0.1, -0.05) is 18.0 Å². The Labute approximate surface area is 209 Å². The van der Waals surface area contributed by atoms with Gasteiger partial charge in [-0.25, -0.2) is 25.9 Å². The van der Waals surface area contributed by atoms with Gasteiger partial charge in [0.1, 0.15) is 0 Å². The summed E-state index contributed by atoms with van der Waals surface area (Å²) in [6.45, 7) is 0.276. The number of anilines is 1. The number of hydrogen-bond acceptors (Lipinski definition) is 7. The number of nitrogens with one attached hydrogen (secondary N) is 1. The highest BCUT2D eigenvalue weighted by Gasteiger charge is 2.26. The molecule has 35 heavy (non-hydrogen) atoms. The molecule has 0 radical (unpaired) electrons. The summed E-state index contributed by atoms with van der Waals surface area (Å²) in [6.07, 6.45) is 2.62. The van der Waals surface area contributed by atoms with Crippen LogP contribution in [0.5, 0.6) is 0 Å². The second-order valence-corrected chi connectivity index (χ2v) is 12.5. The van der Waals surface area contributed by atoms with Crippen LogP contribution in [0.3, 0.4) is 0 Å². The average Bonchev–Trinajstić information content (AvgIpc) is 2.84. The molecule has 1 fully saturated rings. The van der Waals surface area contributed by atoms with Gasteiger partial charge in [0.2, 0.25) is 20.0 Å². The van der Waals surface area contributed by atoms with Gasteiger partial charge in [-0.3, -0.25) is 4.79 Å². The lowest BCUT2D eigenvalue weighted by Crippen LogP contribution is -2.35. The number of benzene rings is 2. The molecule has 13 heteroatoms. The van der Waals surface area contributed by atoms with Crippen LogP contribution in [-0.4, -0.2) is 71.1 Å². The highest BCUT2D eigenvalue weighted by Crippen LogP contribution is 2.26. The molecule has 2 aromatic rings. The highest BCUT2D eigenvalue weighted by molar-refractivity contribution is 7.89. The molecule has 0 atom stereocenters. The number of esters is 1. The van der Waals surface area contributed by atoms with E-state index in [0.717, 1.165) is 23.6 Å². The molecule has 0 unspecified atom stereocenters. The minimum atomic E-state index is -3.74. The maximum Gasteiger partial charge on any atom is 0.338 e. The van der Waals surface area contributed by atoms with E-state index >= 15 is 0 Å². The molecule has 1 heterocycles. The lowest BCUT2D eigenvalue weighted by atomic mass is 10.2. The molecule has 1 N–H and O–H groups in total. The molecule has 1 amide bonds. The number of piperidine rings is 1. The molecular weight excluding hydrogens is 518 g/mol. The van der Waals surface area contributed by atoms with E-state index in [9.17, 15) is 26.4 Å². The van der Waals surface area contributed by atoms with Crippen molar-refractivity contribution in [2.24, 2.45) is 0 Å². The van der Waals surface area contributed by atoms with E-state index in [-0.39, 0.29) is 26.1 Å². The Kier molecular flexibility index (Phi) is 8.54. The number of nitrogens with zero attached hydrogens (tertiary/aromatic N) is 2. The van der Waals surface area contributed by atoms with Crippen LogP contribution >= 0.6 is 11.6 Å². The van der Waals surface area contributed by atoms with Crippen molar-refractivity contribution in [3.8, 4) is 0 Å². The molecule has 1 aliphatic rings. The summed E-state index contributed by atoms with van der Waals surface area (Å²) in [6, 6.07) is 9.15. The van der Waals surface area contributed by atoms with Crippen molar-refractivity contribution in [1.82, 2.24) is 8.61 Å². The first-order valence-electron chi connectivity index (χ1n) is 10.7. The molecule has 0 aromatic heterocycles. The van der Waals surface area contributed by atoms with E-state index in [1.54, 1.807) is 0 Å². The van der Waals surface area contributed by atoms with Crippen molar-refractivity contribution in [3.05, 3.63) is 53.1 Å². The molecule has 0 saturated carbocycles. The van der Waals surface area contributed by atoms with Crippen molar-refractivity contribution >= 4 is 49.2 Å². The SMILES string of the molecule is CN(C)S(=O)(=O)c1ccc(Cl)c(NC(=O)COC(=O)c2ccc(S(=O)(=O)N3CCCCC3)cc2)c1. The van der Waals surface area contributed by atoms with Crippen molar-refractivity contribution in [1.29, 1.82) is 0 Å². The third-order valence-corrected chi connectivity index (χ3v) is 9.42. The van der Waals surface area contributed by atoms with Gasteiger partial charge >= 0.3 is 5.97 Å². The summed E-state index contributed by atoms with van der Waals surface area (Å²) in [4.78, 5) is 24.6. The Morgan fingerprint density at radius 1 is 0.971 bits per heavy atom. The Bertz CT molecular complexity index is 1310. The number of sulfonamides is 2. The lowest BCUT2D eigenvalue weighted by molar-refractivity contribution is -0.119. The molecule has 10 nitrogen and oxygen atoms in total. The summed E-state index contributed by atoms with van der Waals surface area (Å²) in [7, 11) is -4.63. The number of rotatable bonds is 8. The zero-order chi connectivity index (χ0) is 25.8. The molecule has 2 aromatic carbocycles. The minimum absolute atomic E-state index is 0.0444. The quantitative estimate of drug-likeness (QED) is 0.506. The summed E-state index contributed by atoms with van der Waals surface area (Å²) < 4.78 is 57.5. The van der Waals surface area contributed by atoms with Gasteiger partial charge in [0.05, 0.1) is 26.1 Å². The third kappa shape index (κ3) is 6.39. The Morgan fingerprint density at radius 2 is 1.57 bits per heavy atom. The largest absolute Gasteiger partial charge is 0.452 e. The normalized spacial score (nSPS) is 15.1. The fourth-order valence-electron chi connectivity index (χ4n) is 3.39. The topological polar surface area (TPSA) is 130 Å². The van der Waals surface area contributed by atoms with Crippen molar-refractivity contribution in [2.45, 2.75) is 29.1 Å². The number of carbonyl (C=O) groups is 2. The second kappa shape index (κ2) is 11.0. The molecule has 0 spiro atoms. The average molecular weight is 544 g/mol. The van der Waals surface area contributed by atoms with E-state index in [1.165, 1.54) is 60.9 Å². The maximum atomic E-state index is 12.7. The van der Waals surface area contributed by atoms with Crippen LogP contribution in [0.4, 0.5) is 5.69 Å². The molecule has 190 valence electrons. The van der Waals surface area contributed by atoms with E-state index in [4.69, 9.17) is 16.3 Å². The van der Waals surface area contributed by atoms with E-state index in [0.29, 0.717) is 13.1 Å². The van der Waals surface area contributed by atoms with E-state index in [2.05, 4.69) is 5.32 Å². The molecule has 1 saturated heterocycles. The first kappa shape index (κ1) is 27.1. The zero-order valence-electron chi connectivity index (χ0n) is 19.2.